The molecule has 0 spiro atoms. The zero-order valence-corrected chi connectivity index (χ0v) is 12.3. The molecule has 3 rings (SSSR count). The summed E-state index contributed by atoms with van der Waals surface area (Å²) in [6.07, 6.45) is 4.75. The molecule has 0 aliphatic carbocycles. The number of imidazole rings is 1. The molecular weight excluding hydrogens is 307 g/mol. The van der Waals surface area contributed by atoms with Crippen molar-refractivity contribution in [3.8, 4) is 5.69 Å². The van der Waals surface area contributed by atoms with Crippen LogP contribution in [-0.2, 0) is 0 Å². The second-order valence-electron chi connectivity index (χ2n) is 5.07. The van der Waals surface area contributed by atoms with Gasteiger partial charge in [0.25, 0.3) is 6.43 Å². The van der Waals surface area contributed by atoms with Gasteiger partial charge in [-0.2, -0.15) is 0 Å². The van der Waals surface area contributed by atoms with E-state index in [1.54, 1.807) is 18.7 Å². The van der Waals surface area contributed by atoms with Crippen LogP contribution in [0.3, 0.4) is 0 Å². The van der Waals surface area contributed by atoms with Crippen molar-refractivity contribution in [2.75, 3.05) is 0 Å². The quantitative estimate of drug-likeness (QED) is 0.722. The van der Waals surface area contributed by atoms with Crippen molar-refractivity contribution in [3.63, 3.8) is 0 Å². The van der Waals surface area contributed by atoms with Gasteiger partial charge in [0.15, 0.2) is 0 Å². The van der Waals surface area contributed by atoms with Gasteiger partial charge in [0.1, 0.15) is 11.5 Å². The van der Waals surface area contributed by atoms with E-state index < -0.39 is 17.8 Å². The van der Waals surface area contributed by atoms with E-state index in [1.165, 1.54) is 10.7 Å². The Balaban J connectivity index is 1.96. The van der Waals surface area contributed by atoms with Gasteiger partial charge in [-0.25, -0.2) is 22.8 Å². The highest BCUT2D eigenvalue weighted by molar-refractivity contribution is 5.36. The molecule has 0 aliphatic heterocycles. The Morgan fingerprint density at radius 1 is 1.22 bits per heavy atom. The minimum absolute atomic E-state index is 0.0746. The molecule has 0 bridgehead atoms. The number of aromatic nitrogens is 5. The first-order valence-electron chi connectivity index (χ1n) is 7.07. The minimum atomic E-state index is -2.75. The summed E-state index contributed by atoms with van der Waals surface area (Å²) in [6.45, 7) is 1.99. The average molecular weight is 321 g/mol. The lowest BCUT2D eigenvalue weighted by atomic mass is 10.1. The maximum absolute atomic E-state index is 13.5. The van der Waals surface area contributed by atoms with Crippen molar-refractivity contribution in [1.29, 1.82) is 0 Å². The van der Waals surface area contributed by atoms with E-state index in [0.717, 1.165) is 18.6 Å². The molecule has 0 fully saturated rings. The second-order valence-corrected chi connectivity index (χ2v) is 5.07. The zero-order chi connectivity index (χ0) is 16.4. The SMILES string of the molecule is CCC(c1cn(-c2cc(F)cc(C(F)F)c2)nn1)n1ccnc1. The van der Waals surface area contributed by atoms with Crippen LogP contribution in [0.2, 0.25) is 0 Å². The normalized spacial score (nSPS) is 12.7. The Kier molecular flexibility index (Phi) is 4.14. The molecule has 2 aromatic heterocycles. The average Bonchev–Trinajstić information content (AvgIpc) is 3.19. The van der Waals surface area contributed by atoms with Gasteiger partial charge in [0, 0.05) is 18.0 Å². The monoisotopic (exact) mass is 321 g/mol. The first kappa shape index (κ1) is 15.3. The Bertz CT molecular complexity index is 782. The van der Waals surface area contributed by atoms with Gasteiger partial charge >= 0.3 is 0 Å². The number of alkyl halides is 2. The van der Waals surface area contributed by atoms with E-state index in [4.69, 9.17) is 0 Å². The van der Waals surface area contributed by atoms with Crippen LogP contribution in [0.15, 0.2) is 43.1 Å². The largest absolute Gasteiger partial charge is 0.328 e. The number of nitrogens with zero attached hydrogens (tertiary/aromatic N) is 5. The van der Waals surface area contributed by atoms with E-state index in [2.05, 4.69) is 15.3 Å². The van der Waals surface area contributed by atoms with Crippen LogP contribution >= 0.6 is 0 Å². The molecule has 2 heterocycles. The second kappa shape index (κ2) is 6.23. The van der Waals surface area contributed by atoms with Crippen LogP contribution in [0.4, 0.5) is 13.2 Å². The molecule has 0 radical (unpaired) electrons. The van der Waals surface area contributed by atoms with Gasteiger partial charge in [-0.1, -0.05) is 12.1 Å². The summed E-state index contributed by atoms with van der Waals surface area (Å²) in [5, 5.41) is 8.01. The molecule has 1 unspecified atom stereocenters. The molecular formula is C15H14F3N5. The Morgan fingerprint density at radius 2 is 2.04 bits per heavy atom. The fourth-order valence-electron chi connectivity index (χ4n) is 2.44. The first-order valence-corrected chi connectivity index (χ1v) is 7.07. The van der Waals surface area contributed by atoms with Crippen LogP contribution in [0.1, 0.15) is 37.1 Å². The molecule has 0 amide bonds. The Labute approximate surface area is 130 Å². The topological polar surface area (TPSA) is 48.5 Å². The van der Waals surface area contributed by atoms with E-state index in [9.17, 15) is 13.2 Å². The summed E-state index contributed by atoms with van der Waals surface area (Å²) < 4.78 is 42.3. The predicted octanol–water partition coefficient (Wildman–Crippen LogP) is 3.54. The van der Waals surface area contributed by atoms with Crippen LogP contribution in [0, 0.1) is 5.82 Å². The third kappa shape index (κ3) is 3.10. The smallest absolute Gasteiger partial charge is 0.264 e. The molecule has 3 aromatic rings. The number of benzene rings is 1. The van der Waals surface area contributed by atoms with E-state index in [1.807, 2.05) is 17.7 Å². The van der Waals surface area contributed by atoms with Gasteiger partial charge in [0.05, 0.1) is 24.3 Å². The molecule has 8 heteroatoms. The predicted molar refractivity (Wildman–Crippen MR) is 76.9 cm³/mol. The molecule has 5 nitrogen and oxygen atoms in total. The van der Waals surface area contributed by atoms with Gasteiger partial charge in [0.2, 0.25) is 0 Å². The van der Waals surface area contributed by atoms with E-state index >= 15 is 0 Å². The molecule has 0 saturated carbocycles. The molecule has 1 atom stereocenters. The van der Waals surface area contributed by atoms with E-state index in [0.29, 0.717) is 5.69 Å². The van der Waals surface area contributed by atoms with Gasteiger partial charge in [-0.15, -0.1) is 5.10 Å². The minimum Gasteiger partial charge on any atom is -0.328 e. The van der Waals surface area contributed by atoms with Crippen LogP contribution in [0.5, 0.6) is 0 Å². The fourth-order valence-corrected chi connectivity index (χ4v) is 2.44. The standard InChI is InChI=1S/C15H14F3N5/c1-2-14(22-4-3-19-9-22)13-8-23(21-20-13)12-6-10(15(17)18)5-11(16)7-12/h3-9,14-15H,2H2,1H3. The summed E-state index contributed by atoms with van der Waals surface area (Å²) in [4.78, 5) is 4.00. The summed E-state index contributed by atoms with van der Waals surface area (Å²) in [5.41, 5.74) is 0.464. The van der Waals surface area contributed by atoms with Gasteiger partial charge in [-0.3, -0.25) is 0 Å². The Hall–Kier alpha value is -2.64. The lowest BCUT2D eigenvalue weighted by Crippen LogP contribution is -2.08. The lowest BCUT2D eigenvalue weighted by molar-refractivity contribution is 0.151. The maximum atomic E-state index is 13.5. The third-order valence-electron chi connectivity index (χ3n) is 3.55. The number of hydrogen-bond donors (Lipinski definition) is 0. The summed E-state index contributed by atoms with van der Waals surface area (Å²) in [6, 6.07) is 3.08. The van der Waals surface area contributed by atoms with Crippen molar-refractivity contribution >= 4 is 0 Å². The van der Waals surface area contributed by atoms with Crippen molar-refractivity contribution in [3.05, 3.63) is 60.2 Å². The van der Waals surface area contributed by atoms with Crippen LogP contribution in [-0.4, -0.2) is 24.5 Å². The zero-order valence-electron chi connectivity index (χ0n) is 12.3. The van der Waals surface area contributed by atoms with E-state index in [-0.39, 0.29) is 11.7 Å². The fraction of sp³-hybridized carbons (Fsp3) is 0.267. The molecule has 120 valence electrons. The van der Waals surface area contributed by atoms with Gasteiger partial charge in [-0.05, 0) is 24.6 Å². The first-order chi connectivity index (χ1) is 11.1. The number of rotatable bonds is 5. The van der Waals surface area contributed by atoms with Crippen LogP contribution < -0.4 is 0 Å². The van der Waals surface area contributed by atoms with Crippen molar-refractivity contribution in [1.82, 2.24) is 24.5 Å². The highest BCUT2D eigenvalue weighted by atomic mass is 19.3. The summed E-state index contributed by atoms with van der Waals surface area (Å²) in [5.74, 6) is -0.739. The number of halogens is 3. The molecule has 0 N–H and O–H groups in total. The molecule has 0 aliphatic rings. The highest BCUT2D eigenvalue weighted by Crippen LogP contribution is 2.24. The molecule has 23 heavy (non-hydrogen) atoms. The summed E-state index contributed by atoms with van der Waals surface area (Å²) in [7, 11) is 0. The third-order valence-corrected chi connectivity index (χ3v) is 3.55. The highest BCUT2D eigenvalue weighted by Gasteiger charge is 2.17. The maximum Gasteiger partial charge on any atom is 0.264 e. The number of hydrogen-bond acceptors (Lipinski definition) is 3. The Morgan fingerprint density at radius 3 is 2.70 bits per heavy atom. The van der Waals surface area contributed by atoms with Crippen molar-refractivity contribution < 1.29 is 13.2 Å². The summed E-state index contributed by atoms with van der Waals surface area (Å²) >= 11 is 0. The van der Waals surface area contributed by atoms with Gasteiger partial charge < -0.3 is 4.57 Å². The molecule has 1 aromatic carbocycles. The van der Waals surface area contributed by atoms with Crippen molar-refractivity contribution in [2.45, 2.75) is 25.8 Å². The van der Waals surface area contributed by atoms with Crippen LogP contribution in [0.25, 0.3) is 5.69 Å². The molecule has 0 saturated heterocycles. The lowest BCUT2D eigenvalue weighted by Gasteiger charge is -2.12. The van der Waals surface area contributed by atoms with Crippen molar-refractivity contribution in [2.24, 2.45) is 0 Å².